The van der Waals surface area contributed by atoms with Gasteiger partial charge >= 0.3 is 5.63 Å². The maximum atomic E-state index is 12.6. The van der Waals surface area contributed by atoms with E-state index in [1.165, 1.54) is 32.0 Å². The van der Waals surface area contributed by atoms with E-state index < -0.39 is 40.2 Å². The molecule has 1 heterocycles. The molecule has 3 aromatic carbocycles. The van der Waals surface area contributed by atoms with Gasteiger partial charge in [-0.25, -0.2) is 4.79 Å². The molecule has 10 heteroatoms. The molecule has 206 valence electrons. The van der Waals surface area contributed by atoms with Gasteiger partial charge in [0.25, 0.3) is 0 Å². The number of hydrogen-bond acceptors (Lipinski definition) is 10. The van der Waals surface area contributed by atoms with Crippen molar-refractivity contribution >= 4 is 22.5 Å². The van der Waals surface area contributed by atoms with Crippen LogP contribution in [-0.4, -0.2) is 43.7 Å². The average Bonchev–Trinajstić information content (AvgIpc) is 2.87. The van der Waals surface area contributed by atoms with E-state index in [0.29, 0.717) is 23.3 Å². The van der Waals surface area contributed by atoms with E-state index in [4.69, 9.17) is 9.15 Å². The van der Waals surface area contributed by atoms with Gasteiger partial charge in [-0.15, -0.1) is 0 Å². The topological polar surface area (TPSA) is 175 Å². The molecule has 0 aliphatic heterocycles. The first kappa shape index (κ1) is 27.8. The number of fused-ring (bicyclic) bond motifs is 3. The second-order valence-corrected chi connectivity index (χ2v) is 9.49. The second kappa shape index (κ2) is 10.5. The van der Waals surface area contributed by atoms with Gasteiger partial charge in [-0.3, -0.25) is 9.59 Å². The lowest BCUT2D eigenvalue weighted by molar-refractivity contribution is 0.0969. The predicted octanol–water partition coefficient (Wildman–Crippen LogP) is 4.74. The Morgan fingerprint density at radius 3 is 1.77 bits per heavy atom. The van der Waals surface area contributed by atoms with E-state index in [1.54, 1.807) is 6.07 Å². The Kier molecular flexibility index (Phi) is 7.28. The molecular weight excluding hydrogens is 520 g/mol. The summed E-state index contributed by atoms with van der Waals surface area (Å²) >= 11 is 0. The summed E-state index contributed by atoms with van der Waals surface area (Å²) in [7, 11) is 0. The van der Waals surface area contributed by atoms with Crippen LogP contribution in [0.15, 0.2) is 57.3 Å². The van der Waals surface area contributed by atoms with Crippen molar-refractivity contribution in [2.75, 3.05) is 6.61 Å². The highest BCUT2D eigenvalue weighted by molar-refractivity contribution is 6.32. The number of rotatable bonds is 3. The van der Waals surface area contributed by atoms with Crippen LogP contribution in [0.4, 0.5) is 0 Å². The van der Waals surface area contributed by atoms with Crippen LogP contribution >= 0.6 is 0 Å². The summed E-state index contributed by atoms with van der Waals surface area (Å²) in [6.07, 6.45) is 1.89. The van der Waals surface area contributed by atoms with E-state index in [0.717, 1.165) is 17.7 Å². The summed E-state index contributed by atoms with van der Waals surface area (Å²) in [5, 5.41) is 50.5. The first-order chi connectivity index (χ1) is 18.8. The summed E-state index contributed by atoms with van der Waals surface area (Å²) < 4.78 is 10.4. The Labute approximate surface area is 227 Å². The Morgan fingerprint density at radius 2 is 1.27 bits per heavy atom. The molecule has 4 aromatic rings. The summed E-state index contributed by atoms with van der Waals surface area (Å²) in [5.41, 5.74) is 0.0509. The molecule has 0 bridgehead atoms. The molecule has 0 fully saturated rings. The largest absolute Gasteiger partial charge is 0.507 e. The molecule has 0 unspecified atom stereocenters. The zero-order chi connectivity index (χ0) is 29.5. The van der Waals surface area contributed by atoms with Gasteiger partial charge in [-0.05, 0) is 69.2 Å². The Hall–Kier alpha value is -5.25. The van der Waals surface area contributed by atoms with Crippen molar-refractivity contribution in [2.45, 2.75) is 27.7 Å². The molecule has 1 aliphatic rings. The Balaban J connectivity index is 0.000000189. The van der Waals surface area contributed by atoms with Crippen molar-refractivity contribution in [2.24, 2.45) is 0 Å². The number of benzene rings is 3. The molecule has 0 saturated carbocycles. The van der Waals surface area contributed by atoms with E-state index >= 15 is 0 Å². The van der Waals surface area contributed by atoms with Gasteiger partial charge in [0.15, 0.2) is 11.5 Å². The van der Waals surface area contributed by atoms with Gasteiger partial charge < -0.3 is 34.7 Å². The van der Waals surface area contributed by atoms with Crippen molar-refractivity contribution in [1.82, 2.24) is 0 Å². The van der Waals surface area contributed by atoms with Crippen LogP contribution in [0.25, 0.3) is 11.0 Å². The number of allylic oxidation sites excluding steroid dienone is 1. The predicted molar refractivity (Wildman–Crippen MR) is 145 cm³/mol. The number of phenolic OH excluding ortho intramolecular Hbond substituents is 5. The molecule has 0 atom stereocenters. The fourth-order valence-corrected chi connectivity index (χ4v) is 4.23. The van der Waals surface area contributed by atoms with Crippen molar-refractivity contribution < 1.29 is 44.3 Å². The molecule has 10 nitrogen and oxygen atoms in total. The molecule has 5 N–H and O–H groups in total. The van der Waals surface area contributed by atoms with E-state index in [1.807, 2.05) is 19.9 Å². The lowest BCUT2D eigenvalue weighted by Gasteiger charge is -2.22. The van der Waals surface area contributed by atoms with E-state index in [-0.39, 0.29) is 39.1 Å². The SMILES string of the molecule is CC(C)=CCOc1cc2oc(=O)ccc2cc1O.Cc1cc(O)c2c(c1O)C(=O)c1c(O)cc(C)c(O)c1C2=O. The number of ether oxygens (including phenoxy) is 1. The first-order valence-corrected chi connectivity index (χ1v) is 12.0. The minimum absolute atomic E-state index is 0.0264. The number of aromatic hydroxyl groups is 5. The van der Waals surface area contributed by atoms with Crippen LogP contribution in [0.2, 0.25) is 0 Å². The second-order valence-electron chi connectivity index (χ2n) is 9.49. The third-order valence-electron chi connectivity index (χ3n) is 6.28. The van der Waals surface area contributed by atoms with Crippen molar-refractivity contribution in [3.63, 3.8) is 0 Å². The molecule has 1 aromatic heterocycles. The Morgan fingerprint density at radius 1 is 0.750 bits per heavy atom. The minimum Gasteiger partial charge on any atom is -0.507 e. The number of carbonyl (C=O) groups is 2. The zero-order valence-corrected chi connectivity index (χ0v) is 22.0. The van der Waals surface area contributed by atoms with Crippen LogP contribution in [0.3, 0.4) is 0 Å². The van der Waals surface area contributed by atoms with Gasteiger partial charge in [0.05, 0.1) is 22.3 Å². The highest BCUT2D eigenvalue weighted by Gasteiger charge is 2.39. The molecule has 0 spiro atoms. The standard InChI is InChI=1S/C16H12O6.C14H14O4/c1-5-3-7(17)9-11(13(5)19)15(21)10-8(18)4-6(2)14(20)12(10)16(9)22;1-9(2)5-6-17-13-8-12-10(7-11(13)15)3-4-14(16)18-12/h3-4,17-20H,1-2H3;3-5,7-8,15H,6H2,1-2H3. The molecule has 1 aliphatic carbocycles. The van der Waals surface area contributed by atoms with Crippen LogP contribution in [0.1, 0.15) is 56.8 Å². The normalized spacial score (nSPS) is 11.8. The molecule has 0 radical (unpaired) electrons. The maximum Gasteiger partial charge on any atom is 0.336 e. The summed E-state index contributed by atoms with van der Waals surface area (Å²) in [5.74, 6) is -3.12. The van der Waals surface area contributed by atoms with Crippen LogP contribution in [0.5, 0.6) is 34.5 Å². The zero-order valence-electron chi connectivity index (χ0n) is 22.0. The average molecular weight is 547 g/mol. The minimum atomic E-state index is -0.825. The van der Waals surface area contributed by atoms with Gasteiger partial charge in [-0.1, -0.05) is 5.57 Å². The van der Waals surface area contributed by atoms with Gasteiger partial charge in [0.2, 0.25) is 11.6 Å². The lowest BCUT2D eigenvalue weighted by atomic mass is 9.80. The summed E-state index contributed by atoms with van der Waals surface area (Å²) in [6, 6.07) is 8.27. The van der Waals surface area contributed by atoms with Gasteiger partial charge in [0.1, 0.15) is 35.2 Å². The molecule has 5 rings (SSSR count). The fourth-order valence-electron chi connectivity index (χ4n) is 4.23. The van der Waals surface area contributed by atoms with Crippen molar-refractivity contribution in [3.8, 4) is 34.5 Å². The monoisotopic (exact) mass is 546 g/mol. The van der Waals surface area contributed by atoms with Crippen LogP contribution < -0.4 is 10.4 Å². The molecule has 40 heavy (non-hydrogen) atoms. The molecular formula is C30H26O10. The first-order valence-electron chi connectivity index (χ1n) is 12.0. The number of ketones is 2. The number of aryl methyl sites for hydroxylation is 2. The van der Waals surface area contributed by atoms with Crippen molar-refractivity contribution in [3.05, 3.63) is 91.8 Å². The smallest absolute Gasteiger partial charge is 0.336 e. The quantitative estimate of drug-likeness (QED) is 0.121. The summed E-state index contributed by atoms with van der Waals surface area (Å²) in [6.45, 7) is 7.22. The fraction of sp³-hybridized carbons (Fsp3) is 0.167. The molecule has 0 saturated heterocycles. The van der Waals surface area contributed by atoms with Crippen LogP contribution in [0, 0.1) is 13.8 Å². The highest BCUT2D eigenvalue weighted by atomic mass is 16.5. The number of carbonyl (C=O) groups excluding carboxylic acids is 2. The lowest BCUT2D eigenvalue weighted by Crippen LogP contribution is -2.22. The number of phenols is 5. The van der Waals surface area contributed by atoms with Crippen LogP contribution in [-0.2, 0) is 0 Å². The third-order valence-corrected chi connectivity index (χ3v) is 6.28. The Bertz CT molecular complexity index is 1720. The third kappa shape index (κ3) is 4.94. The van der Waals surface area contributed by atoms with E-state index in [9.17, 15) is 39.9 Å². The van der Waals surface area contributed by atoms with Gasteiger partial charge in [-0.2, -0.15) is 0 Å². The summed E-state index contributed by atoms with van der Waals surface area (Å²) in [4.78, 5) is 36.2. The highest BCUT2D eigenvalue weighted by Crippen LogP contribution is 2.45. The van der Waals surface area contributed by atoms with Gasteiger partial charge in [0, 0.05) is 17.5 Å². The van der Waals surface area contributed by atoms with Crippen molar-refractivity contribution in [1.29, 1.82) is 0 Å². The van der Waals surface area contributed by atoms with E-state index in [2.05, 4.69) is 0 Å². The maximum absolute atomic E-state index is 12.6. The number of hydrogen-bond donors (Lipinski definition) is 5. The molecule has 0 amide bonds.